The molecule has 0 radical (unpaired) electrons. The maximum Gasteiger partial charge on any atom is 0.410 e. The van der Waals surface area contributed by atoms with Crippen molar-refractivity contribution >= 4 is 11.9 Å². The third-order valence-corrected chi connectivity index (χ3v) is 3.17. The van der Waals surface area contributed by atoms with Crippen LogP contribution in [0.1, 0.15) is 39.7 Å². The van der Waals surface area contributed by atoms with Gasteiger partial charge in [-0.3, -0.25) is 4.79 Å². The summed E-state index contributed by atoms with van der Waals surface area (Å²) < 4.78 is 5.32. The SMILES string of the molecule is CC(=O)[C@@H](CCc1ccccc1)N(C)C(=O)OC(C)(C)C.O. The van der Waals surface area contributed by atoms with E-state index in [0.29, 0.717) is 6.42 Å². The normalized spacial score (nSPS) is 12.0. The third kappa shape index (κ3) is 6.72. The zero-order valence-corrected chi connectivity index (χ0v) is 14.1. The summed E-state index contributed by atoms with van der Waals surface area (Å²) in [6, 6.07) is 9.47. The Balaban J connectivity index is 0.00000441. The van der Waals surface area contributed by atoms with Gasteiger partial charge in [0.2, 0.25) is 0 Å². The van der Waals surface area contributed by atoms with Gasteiger partial charge in [0.05, 0.1) is 6.04 Å². The van der Waals surface area contributed by atoms with Gasteiger partial charge in [-0.05, 0) is 46.1 Å². The van der Waals surface area contributed by atoms with Gasteiger partial charge in [-0.25, -0.2) is 4.79 Å². The van der Waals surface area contributed by atoms with Crippen molar-refractivity contribution in [3.05, 3.63) is 35.9 Å². The molecule has 1 amide bonds. The van der Waals surface area contributed by atoms with Gasteiger partial charge in [-0.2, -0.15) is 0 Å². The van der Waals surface area contributed by atoms with E-state index in [1.807, 2.05) is 51.1 Å². The van der Waals surface area contributed by atoms with Crippen molar-refractivity contribution in [2.24, 2.45) is 0 Å². The maximum atomic E-state index is 12.1. The summed E-state index contributed by atoms with van der Waals surface area (Å²) in [6.45, 7) is 6.94. The molecule has 0 saturated carbocycles. The lowest BCUT2D eigenvalue weighted by Crippen LogP contribution is -2.44. The Kier molecular flexibility index (Phi) is 7.81. The molecule has 0 fully saturated rings. The molecule has 22 heavy (non-hydrogen) atoms. The maximum absolute atomic E-state index is 12.1. The van der Waals surface area contributed by atoms with E-state index in [-0.39, 0.29) is 11.3 Å². The highest BCUT2D eigenvalue weighted by Gasteiger charge is 2.27. The zero-order valence-electron chi connectivity index (χ0n) is 14.1. The average molecular weight is 309 g/mol. The molecular weight excluding hydrogens is 282 g/mol. The second-order valence-corrected chi connectivity index (χ2v) is 6.24. The Bertz CT molecular complexity index is 479. The number of nitrogens with zero attached hydrogens (tertiary/aromatic N) is 1. The number of amides is 1. The topological polar surface area (TPSA) is 78.1 Å². The molecule has 0 aliphatic heterocycles. The number of carbonyl (C=O) groups is 2. The summed E-state index contributed by atoms with van der Waals surface area (Å²) in [5.41, 5.74) is 0.591. The Morgan fingerprint density at radius 3 is 2.18 bits per heavy atom. The molecular formula is C17H27NO4. The third-order valence-electron chi connectivity index (χ3n) is 3.17. The standard InChI is InChI=1S/C17H25NO3.H2O/c1-13(19)15(12-11-14-9-7-6-8-10-14)18(5)16(20)21-17(2,3)4;/h6-10,15H,11-12H2,1-5H3;1H2/t15-;/m1./s1. The molecule has 2 N–H and O–H groups in total. The Morgan fingerprint density at radius 2 is 1.73 bits per heavy atom. The van der Waals surface area contributed by atoms with Crippen LogP contribution in [0.3, 0.4) is 0 Å². The number of aryl methyl sites for hydroxylation is 1. The Labute approximate surface area is 132 Å². The molecule has 1 rings (SSSR count). The molecule has 5 heteroatoms. The van der Waals surface area contributed by atoms with E-state index in [2.05, 4.69) is 0 Å². The molecule has 0 heterocycles. The first kappa shape index (κ1) is 20.1. The van der Waals surface area contributed by atoms with Crippen LogP contribution in [0.4, 0.5) is 4.79 Å². The van der Waals surface area contributed by atoms with E-state index in [9.17, 15) is 9.59 Å². The highest BCUT2D eigenvalue weighted by Crippen LogP contribution is 2.14. The van der Waals surface area contributed by atoms with Gasteiger partial charge in [0.25, 0.3) is 0 Å². The van der Waals surface area contributed by atoms with Crippen molar-refractivity contribution in [2.45, 2.75) is 52.2 Å². The predicted octanol–water partition coefficient (Wildman–Crippen LogP) is 2.62. The molecule has 1 atom stereocenters. The lowest BCUT2D eigenvalue weighted by Gasteiger charge is -2.29. The number of Topliss-reactive ketones (excluding diaryl/α,β-unsaturated/α-hetero) is 1. The van der Waals surface area contributed by atoms with Crippen LogP contribution in [-0.4, -0.2) is 40.9 Å². The number of hydrogen-bond donors (Lipinski definition) is 0. The van der Waals surface area contributed by atoms with E-state index in [1.165, 1.54) is 11.8 Å². The van der Waals surface area contributed by atoms with Crippen molar-refractivity contribution in [2.75, 3.05) is 7.05 Å². The van der Waals surface area contributed by atoms with Crippen molar-refractivity contribution in [3.8, 4) is 0 Å². The van der Waals surface area contributed by atoms with Crippen LogP contribution >= 0.6 is 0 Å². The average Bonchev–Trinajstić information content (AvgIpc) is 2.37. The van der Waals surface area contributed by atoms with Crippen molar-refractivity contribution in [3.63, 3.8) is 0 Å². The van der Waals surface area contributed by atoms with E-state index < -0.39 is 17.7 Å². The van der Waals surface area contributed by atoms with Crippen LogP contribution in [0.5, 0.6) is 0 Å². The summed E-state index contributed by atoms with van der Waals surface area (Å²) in [4.78, 5) is 25.3. The zero-order chi connectivity index (χ0) is 16.0. The van der Waals surface area contributed by atoms with Crippen molar-refractivity contribution in [1.29, 1.82) is 0 Å². The summed E-state index contributed by atoms with van der Waals surface area (Å²) in [5.74, 6) is -0.0284. The quantitative estimate of drug-likeness (QED) is 0.838. The van der Waals surface area contributed by atoms with Crippen LogP contribution < -0.4 is 0 Å². The summed E-state index contributed by atoms with van der Waals surface area (Å²) in [7, 11) is 1.62. The first-order valence-electron chi connectivity index (χ1n) is 7.21. The molecule has 1 aromatic carbocycles. The van der Waals surface area contributed by atoms with Gasteiger partial charge in [-0.15, -0.1) is 0 Å². The molecule has 124 valence electrons. The minimum Gasteiger partial charge on any atom is -0.444 e. The minimum absolute atomic E-state index is 0. The number of likely N-dealkylation sites (N-methyl/N-ethyl adjacent to an activating group) is 1. The molecule has 0 unspecified atom stereocenters. The number of benzene rings is 1. The molecule has 5 nitrogen and oxygen atoms in total. The van der Waals surface area contributed by atoms with Crippen LogP contribution in [0.15, 0.2) is 30.3 Å². The van der Waals surface area contributed by atoms with Crippen molar-refractivity contribution in [1.82, 2.24) is 4.90 Å². The van der Waals surface area contributed by atoms with Gasteiger partial charge >= 0.3 is 6.09 Å². The highest BCUT2D eigenvalue weighted by atomic mass is 16.6. The second-order valence-electron chi connectivity index (χ2n) is 6.24. The number of carbonyl (C=O) groups excluding carboxylic acids is 2. The summed E-state index contributed by atoms with van der Waals surface area (Å²) in [6.07, 6.45) is 0.878. The Morgan fingerprint density at radius 1 is 1.18 bits per heavy atom. The van der Waals surface area contributed by atoms with Crippen LogP contribution in [0, 0.1) is 0 Å². The van der Waals surface area contributed by atoms with Crippen molar-refractivity contribution < 1.29 is 19.8 Å². The van der Waals surface area contributed by atoms with E-state index in [4.69, 9.17) is 4.74 Å². The number of rotatable bonds is 5. The van der Waals surface area contributed by atoms with E-state index >= 15 is 0 Å². The molecule has 0 spiro atoms. The first-order chi connectivity index (χ1) is 9.70. The lowest BCUT2D eigenvalue weighted by atomic mass is 10.0. The lowest BCUT2D eigenvalue weighted by molar-refractivity contribution is -0.121. The highest BCUT2D eigenvalue weighted by molar-refractivity contribution is 5.85. The molecule has 0 aromatic heterocycles. The van der Waals surface area contributed by atoms with Crippen LogP contribution in [0.2, 0.25) is 0 Å². The number of hydrogen-bond acceptors (Lipinski definition) is 3. The Hall–Kier alpha value is -1.88. The molecule has 0 aliphatic carbocycles. The number of ether oxygens (including phenoxy) is 1. The van der Waals surface area contributed by atoms with Crippen LogP contribution in [0.25, 0.3) is 0 Å². The summed E-state index contributed by atoms with van der Waals surface area (Å²) in [5, 5.41) is 0. The second kappa shape index (κ2) is 8.54. The van der Waals surface area contributed by atoms with Gasteiger partial charge in [0.1, 0.15) is 5.60 Å². The van der Waals surface area contributed by atoms with E-state index in [0.717, 1.165) is 12.0 Å². The van der Waals surface area contributed by atoms with Gasteiger partial charge in [0.15, 0.2) is 5.78 Å². The van der Waals surface area contributed by atoms with E-state index in [1.54, 1.807) is 7.05 Å². The molecule has 0 bridgehead atoms. The molecule has 0 saturated heterocycles. The fourth-order valence-corrected chi connectivity index (χ4v) is 2.08. The fraction of sp³-hybridized carbons (Fsp3) is 0.529. The minimum atomic E-state index is -0.563. The molecule has 0 aliphatic rings. The van der Waals surface area contributed by atoms with Gasteiger partial charge in [0, 0.05) is 7.05 Å². The largest absolute Gasteiger partial charge is 0.444 e. The predicted molar refractivity (Wildman–Crippen MR) is 86.8 cm³/mol. The van der Waals surface area contributed by atoms with Gasteiger partial charge < -0.3 is 15.1 Å². The number of ketones is 1. The fourth-order valence-electron chi connectivity index (χ4n) is 2.08. The monoisotopic (exact) mass is 309 g/mol. The molecule has 1 aromatic rings. The summed E-state index contributed by atoms with van der Waals surface area (Å²) >= 11 is 0. The van der Waals surface area contributed by atoms with Crippen LogP contribution in [-0.2, 0) is 16.0 Å². The smallest absolute Gasteiger partial charge is 0.410 e. The van der Waals surface area contributed by atoms with Gasteiger partial charge in [-0.1, -0.05) is 30.3 Å². The first-order valence-corrected chi connectivity index (χ1v) is 7.21.